The summed E-state index contributed by atoms with van der Waals surface area (Å²) < 4.78 is 20.7. The number of carbonyl (C=O) groups excluding carboxylic acids is 1. The van der Waals surface area contributed by atoms with Crippen molar-refractivity contribution in [3.8, 4) is 5.75 Å². The van der Waals surface area contributed by atoms with Crippen LogP contribution >= 0.6 is 0 Å². The zero-order valence-electron chi connectivity index (χ0n) is 18.7. The fourth-order valence-corrected chi connectivity index (χ4v) is 4.58. The van der Waals surface area contributed by atoms with E-state index in [0.29, 0.717) is 26.2 Å². The highest BCUT2D eigenvalue weighted by Gasteiger charge is 2.34. The number of methoxy groups -OCH3 is 1. The molecule has 0 aliphatic carbocycles. The molecule has 0 bridgehead atoms. The Morgan fingerprint density at radius 2 is 1.76 bits per heavy atom. The molecule has 1 unspecified atom stereocenters. The lowest BCUT2D eigenvalue weighted by Gasteiger charge is -2.40. The predicted octanol–water partition coefficient (Wildman–Crippen LogP) is 4.29. The fraction of sp³-hybridized carbons (Fsp3) is 0.280. The summed E-state index contributed by atoms with van der Waals surface area (Å²) in [5.41, 5.74) is 2.81. The first-order valence-electron chi connectivity index (χ1n) is 11.0. The van der Waals surface area contributed by atoms with Crippen LogP contribution in [0.25, 0.3) is 0 Å². The first kappa shape index (κ1) is 21.1. The largest absolute Gasteiger partial charge is 0.496 e. The molecule has 8 heteroatoms. The van der Waals surface area contributed by atoms with Gasteiger partial charge in [-0.25, -0.2) is 13.9 Å². The second-order valence-corrected chi connectivity index (χ2v) is 8.20. The Hall–Kier alpha value is -3.81. The van der Waals surface area contributed by atoms with Crippen molar-refractivity contribution in [3.63, 3.8) is 0 Å². The van der Waals surface area contributed by atoms with Crippen LogP contribution in [0.15, 0.2) is 72.6 Å². The number of nitrogens with zero attached hydrogens (tertiary/aromatic N) is 5. The lowest BCUT2D eigenvalue weighted by atomic mass is 10.0. The molecule has 0 saturated carbocycles. The molecule has 1 fully saturated rings. The molecule has 2 aliphatic rings. The number of piperazine rings is 1. The number of urea groups is 1. The number of aromatic nitrogens is 2. The Morgan fingerprint density at radius 1 is 1.03 bits per heavy atom. The van der Waals surface area contributed by atoms with Gasteiger partial charge in [0, 0.05) is 49.2 Å². The summed E-state index contributed by atoms with van der Waals surface area (Å²) in [6.07, 6.45) is 3.77. The summed E-state index contributed by atoms with van der Waals surface area (Å²) in [5.74, 6) is 1.27. The Kier molecular flexibility index (Phi) is 5.50. The Morgan fingerprint density at radius 3 is 2.48 bits per heavy atom. The van der Waals surface area contributed by atoms with Gasteiger partial charge in [0.15, 0.2) is 0 Å². The van der Waals surface area contributed by atoms with Gasteiger partial charge in [-0.05, 0) is 43.3 Å². The van der Waals surface area contributed by atoms with E-state index >= 15 is 0 Å². The van der Waals surface area contributed by atoms with Gasteiger partial charge < -0.3 is 14.5 Å². The number of fused-ring (bicyclic) bond motifs is 1. The molecule has 2 aliphatic heterocycles. The molecule has 5 rings (SSSR count). The van der Waals surface area contributed by atoms with Crippen molar-refractivity contribution in [1.29, 1.82) is 0 Å². The highest BCUT2D eigenvalue weighted by molar-refractivity contribution is 5.95. The minimum Gasteiger partial charge on any atom is -0.496 e. The van der Waals surface area contributed by atoms with E-state index in [-0.39, 0.29) is 17.9 Å². The SMILES string of the molecule is COc1ccccc1C1C=C(C)N(C(=O)N2CCN(c3ccc(F)cc3)CC2)c2ccnn21. The van der Waals surface area contributed by atoms with E-state index in [1.165, 1.54) is 12.1 Å². The molecule has 170 valence electrons. The number of allylic oxidation sites excluding steroid dienone is 2. The zero-order chi connectivity index (χ0) is 22.9. The lowest BCUT2D eigenvalue weighted by Crippen LogP contribution is -2.53. The first-order chi connectivity index (χ1) is 16.1. The van der Waals surface area contributed by atoms with Gasteiger partial charge in [0.1, 0.15) is 23.4 Å². The van der Waals surface area contributed by atoms with Gasteiger partial charge in [-0.1, -0.05) is 18.2 Å². The topological polar surface area (TPSA) is 53.8 Å². The van der Waals surface area contributed by atoms with Crippen LogP contribution in [0.2, 0.25) is 0 Å². The number of hydrogen-bond acceptors (Lipinski definition) is 4. The van der Waals surface area contributed by atoms with Crippen LogP contribution in [0.1, 0.15) is 18.5 Å². The minimum absolute atomic E-state index is 0.0669. The first-order valence-corrected chi connectivity index (χ1v) is 11.0. The number of amides is 2. The van der Waals surface area contributed by atoms with Crippen LogP contribution in [-0.2, 0) is 0 Å². The lowest BCUT2D eigenvalue weighted by molar-refractivity contribution is 0.202. The third-order valence-corrected chi connectivity index (χ3v) is 6.28. The van der Waals surface area contributed by atoms with Gasteiger partial charge in [0.25, 0.3) is 0 Å². The van der Waals surface area contributed by atoms with Gasteiger partial charge in [0.2, 0.25) is 0 Å². The van der Waals surface area contributed by atoms with Gasteiger partial charge in [-0.2, -0.15) is 5.10 Å². The Balaban J connectivity index is 1.36. The number of ether oxygens (including phenoxy) is 1. The maximum atomic E-state index is 13.6. The molecule has 0 N–H and O–H groups in total. The van der Waals surface area contributed by atoms with Gasteiger partial charge >= 0.3 is 6.03 Å². The van der Waals surface area contributed by atoms with E-state index in [4.69, 9.17) is 4.74 Å². The number of carbonyl (C=O) groups is 1. The summed E-state index contributed by atoms with van der Waals surface area (Å²) in [6, 6.07) is 16.0. The number of rotatable bonds is 3. The smallest absolute Gasteiger partial charge is 0.330 e. The van der Waals surface area contributed by atoms with Crippen molar-refractivity contribution in [2.75, 3.05) is 43.1 Å². The van der Waals surface area contributed by atoms with Crippen LogP contribution < -0.4 is 14.5 Å². The van der Waals surface area contributed by atoms with Crippen molar-refractivity contribution in [3.05, 3.63) is 83.9 Å². The van der Waals surface area contributed by atoms with E-state index in [2.05, 4.69) is 10.00 Å². The monoisotopic (exact) mass is 447 g/mol. The molecule has 0 radical (unpaired) electrons. The van der Waals surface area contributed by atoms with Gasteiger partial charge in [0.05, 0.1) is 13.3 Å². The van der Waals surface area contributed by atoms with Crippen molar-refractivity contribution in [2.24, 2.45) is 0 Å². The Labute approximate surface area is 192 Å². The normalized spacial score (nSPS) is 18.1. The van der Waals surface area contributed by atoms with E-state index in [9.17, 15) is 9.18 Å². The standard InChI is InChI=1S/C25H26FN5O2/c1-18-17-22(21-5-3-4-6-23(21)33-2)31-24(11-12-27-31)30(18)25(32)29-15-13-28(14-16-29)20-9-7-19(26)8-10-20/h3-12,17,22H,13-16H2,1-2H3. The summed E-state index contributed by atoms with van der Waals surface area (Å²) >= 11 is 0. The Bertz CT molecular complexity index is 1180. The third kappa shape index (κ3) is 3.82. The molecule has 1 atom stereocenters. The fourth-order valence-electron chi connectivity index (χ4n) is 4.58. The summed E-state index contributed by atoms with van der Waals surface area (Å²) in [6.45, 7) is 4.51. The quantitative estimate of drug-likeness (QED) is 0.601. The highest BCUT2D eigenvalue weighted by Crippen LogP contribution is 2.37. The molecule has 1 saturated heterocycles. The number of benzene rings is 2. The molecule has 3 aromatic rings. The maximum absolute atomic E-state index is 13.6. The van der Waals surface area contributed by atoms with Crippen LogP contribution in [-0.4, -0.2) is 54.0 Å². The summed E-state index contributed by atoms with van der Waals surface area (Å²) in [5, 5.41) is 4.53. The van der Waals surface area contributed by atoms with Crippen molar-refractivity contribution in [1.82, 2.24) is 14.7 Å². The maximum Gasteiger partial charge on any atom is 0.330 e. The number of hydrogen-bond donors (Lipinski definition) is 0. The molecule has 1 aromatic heterocycles. The summed E-state index contributed by atoms with van der Waals surface area (Å²) in [7, 11) is 1.66. The molecule has 7 nitrogen and oxygen atoms in total. The van der Waals surface area contributed by atoms with Gasteiger partial charge in [-0.3, -0.25) is 4.90 Å². The molecule has 0 spiro atoms. The summed E-state index contributed by atoms with van der Waals surface area (Å²) in [4.78, 5) is 19.3. The van der Waals surface area contributed by atoms with Crippen LogP contribution in [0.3, 0.4) is 0 Å². The van der Waals surface area contributed by atoms with Crippen LogP contribution in [0, 0.1) is 5.82 Å². The van der Waals surface area contributed by atoms with Gasteiger partial charge in [-0.15, -0.1) is 0 Å². The van der Waals surface area contributed by atoms with Crippen molar-refractivity contribution >= 4 is 17.5 Å². The third-order valence-electron chi connectivity index (χ3n) is 6.28. The molecular formula is C25H26FN5O2. The second-order valence-electron chi connectivity index (χ2n) is 8.20. The highest BCUT2D eigenvalue weighted by atomic mass is 19.1. The average Bonchev–Trinajstić information content (AvgIpc) is 3.33. The molecule has 33 heavy (non-hydrogen) atoms. The van der Waals surface area contributed by atoms with E-state index in [1.54, 1.807) is 30.3 Å². The van der Waals surface area contributed by atoms with E-state index < -0.39 is 0 Å². The zero-order valence-corrected chi connectivity index (χ0v) is 18.7. The van der Waals surface area contributed by atoms with E-state index in [0.717, 1.165) is 28.5 Å². The van der Waals surface area contributed by atoms with Crippen LogP contribution in [0.4, 0.5) is 20.7 Å². The van der Waals surface area contributed by atoms with Crippen LogP contribution in [0.5, 0.6) is 5.75 Å². The molecule has 3 heterocycles. The molecule has 2 aromatic carbocycles. The van der Waals surface area contributed by atoms with Crippen molar-refractivity contribution in [2.45, 2.75) is 13.0 Å². The minimum atomic E-state index is -0.247. The second kappa shape index (κ2) is 8.61. The predicted molar refractivity (Wildman–Crippen MR) is 125 cm³/mol. The molecule has 2 amide bonds. The number of anilines is 2. The van der Waals surface area contributed by atoms with E-state index in [1.807, 2.05) is 52.9 Å². The number of para-hydroxylation sites is 1. The van der Waals surface area contributed by atoms with Crippen molar-refractivity contribution < 1.29 is 13.9 Å². The average molecular weight is 448 g/mol. The number of halogens is 1. The molecular weight excluding hydrogens is 421 g/mol.